The van der Waals surface area contributed by atoms with Crippen LogP contribution in [0.25, 0.3) is 0 Å². The summed E-state index contributed by atoms with van der Waals surface area (Å²) in [5, 5.41) is 15.8. The molecular formula is C15H16BrN3O2S. The molecule has 0 spiro atoms. The molecule has 1 saturated heterocycles. The summed E-state index contributed by atoms with van der Waals surface area (Å²) in [6, 6.07) is 7.78. The Balaban J connectivity index is 1.60. The molecule has 1 aromatic carbocycles. The summed E-state index contributed by atoms with van der Waals surface area (Å²) in [7, 11) is 0. The summed E-state index contributed by atoms with van der Waals surface area (Å²) in [6.07, 6.45) is 2.58. The first-order chi connectivity index (χ1) is 10.6. The Kier molecular flexibility index (Phi) is 4.87. The molecule has 1 aliphatic rings. The molecule has 5 nitrogen and oxygen atoms in total. The first-order valence-corrected chi connectivity index (χ1v) is 8.62. The van der Waals surface area contributed by atoms with Gasteiger partial charge in [0.25, 0.3) is 0 Å². The van der Waals surface area contributed by atoms with E-state index in [2.05, 4.69) is 43.7 Å². The molecule has 116 valence electrons. The number of amides is 1. The zero-order valence-electron chi connectivity index (χ0n) is 11.8. The van der Waals surface area contributed by atoms with Crippen LogP contribution >= 0.6 is 27.3 Å². The van der Waals surface area contributed by atoms with Crippen molar-refractivity contribution in [2.24, 2.45) is 0 Å². The highest BCUT2D eigenvalue weighted by molar-refractivity contribution is 9.10. The maximum Gasteiger partial charge on any atom is 0.243 e. The second-order valence-corrected chi connectivity index (χ2v) is 7.31. The topological polar surface area (TPSA) is 74.2 Å². The van der Waals surface area contributed by atoms with Crippen LogP contribution in [0.4, 0.5) is 5.13 Å². The number of carbonyl (C=O) groups is 1. The summed E-state index contributed by atoms with van der Waals surface area (Å²) >= 11 is 4.93. The third kappa shape index (κ3) is 3.92. The monoisotopic (exact) mass is 381 g/mol. The molecule has 2 unspecified atom stereocenters. The number of rotatable bonds is 4. The first kappa shape index (κ1) is 15.6. The number of nitrogens with one attached hydrogen (secondary N) is 2. The highest BCUT2D eigenvalue weighted by Crippen LogP contribution is 2.23. The standard InChI is InChI=1S/C15H16BrN3O2S/c16-10-3-1-2-9(4-10)5-12-8-18-15(22-12)19-14(21)13-6-11(20)7-17-13/h1-4,8,11,13,17,20H,5-7H2,(H,18,19,21). The maximum absolute atomic E-state index is 12.0. The quantitative estimate of drug-likeness (QED) is 0.758. The fourth-order valence-corrected chi connectivity index (χ4v) is 3.70. The van der Waals surface area contributed by atoms with E-state index in [0.717, 1.165) is 15.8 Å². The second-order valence-electron chi connectivity index (χ2n) is 5.28. The number of carbonyl (C=O) groups excluding carboxylic acids is 1. The number of aliphatic hydroxyl groups is 1. The van der Waals surface area contributed by atoms with Crippen LogP contribution in [-0.2, 0) is 11.2 Å². The van der Waals surface area contributed by atoms with E-state index in [1.165, 1.54) is 16.9 Å². The fraction of sp³-hybridized carbons (Fsp3) is 0.333. The van der Waals surface area contributed by atoms with Crippen LogP contribution in [0.2, 0.25) is 0 Å². The van der Waals surface area contributed by atoms with Gasteiger partial charge < -0.3 is 15.7 Å². The summed E-state index contributed by atoms with van der Waals surface area (Å²) in [5.41, 5.74) is 1.19. The number of β-amino-alcohol motifs (C(OH)–C–C–N with tert-alkyl or cyclic N) is 1. The number of aliphatic hydroxyl groups excluding tert-OH is 1. The molecule has 3 N–H and O–H groups in total. The van der Waals surface area contributed by atoms with Crippen LogP contribution in [-0.4, -0.2) is 34.7 Å². The molecule has 3 rings (SSSR count). The average molecular weight is 382 g/mol. The smallest absolute Gasteiger partial charge is 0.243 e. The van der Waals surface area contributed by atoms with Crippen LogP contribution in [0.5, 0.6) is 0 Å². The maximum atomic E-state index is 12.0. The average Bonchev–Trinajstić information content (AvgIpc) is 3.08. The van der Waals surface area contributed by atoms with Crippen LogP contribution in [0, 0.1) is 0 Å². The third-order valence-corrected chi connectivity index (χ3v) is 4.88. The minimum absolute atomic E-state index is 0.139. The number of aromatic nitrogens is 1. The van der Waals surface area contributed by atoms with E-state index >= 15 is 0 Å². The summed E-state index contributed by atoms with van der Waals surface area (Å²) < 4.78 is 1.05. The first-order valence-electron chi connectivity index (χ1n) is 7.01. The number of anilines is 1. The molecule has 1 fully saturated rings. The molecule has 0 aliphatic carbocycles. The number of nitrogens with zero attached hydrogens (tertiary/aromatic N) is 1. The van der Waals surface area contributed by atoms with Crippen molar-refractivity contribution in [1.82, 2.24) is 10.3 Å². The molecule has 2 heterocycles. The lowest BCUT2D eigenvalue weighted by atomic mass is 10.1. The van der Waals surface area contributed by atoms with Crippen molar-refractivity contribution in [3.05, 3.63) is 45.4 Å². The van der Waals surface area contributed by atoms with Gasteiger partial charge in [0.2, 0.25) is 5.91 Å². The Hall–Kier alpha value is -1.28. The van der Waals surface area contributed by atoms with Crippen LogP contribution in [0.15, 0.2) is 34.9 Å². The molecule has 2 atom stereocenters. The number of halogens is 1. The zero-order valence-corrected chi connectivity index (χ0v) is 14.2. The Labute approximate surface area is 140 Å². The van der Waals surface area contributed by atoms with Gasteiger partial charge in [0.1, 0.15) is 0 Å². The number of thiazole rings is 1. The molecule has 0 bridgehead atoms. The molecular weight excluding hydrogens is 366 g/mol. The number of hydrogen-bond acceptors (Lipinski definition) is 5. The minimum atomic E-state index is -0.445. The molecule has 7 heteroatoms. The van der Waals surface area contributed by atoms with Crippen molar-refractivity contribution in [3.63, 3.8) is 0 Å². The SMILES string of the molecule is O=C(Nc1ncc(Cc2cccc(Br)c2)s1)C1CC(O)CN1. The van der Waals surface area contributed by atoms with Crippen molar-refractivity contribution in [2.45, 2.75) is 25.0 Å². The third-order valence-electron chi connectivity index (χ3n) is 3.48. The molecule has 1 aromatic heterocycles. The summed E-state index contributed by atoms with van der Waals surface area (Å²) in [6.45, 7) is 0.462. The summed E-state index contributed by atoms with van der Waals surface area (Å²) in [5.74, 6) is -0.139. The largest absolute Gasteiger partial charge is 0.392 e. The van der Waals surface area contributed by atoms with Gasteiger partial charge in [-0.2, -0.15) is 0 Å². The van der Waals surface area contributed by atoms with E-state index in [1.54, 1.807) is 6.20 Å². The molecule has 1 amide bonds. The van der Waals surface area contributed by atoms with E-state index in [0.29, 0.717) is 18.1 Å². The minimum Gasteiger partial charge on any atom is -0.392 e. The van der Waals surface area contributed by atoms with E-state index in [9.17, 15) is 9.90 Å². The normalized spacial score (nSPS) is 21.0. The number of hydrogen-bond donors (Lipinski definition) is 3. The van der Waals surface area contributed by atoms with Crippen molar-refractivity contribution in [2.75, 3.05) is 11.9 Å². The van der Waals surface area contributed by atoms with Crippen molar-refractivity contribution >= 4 is 38.3 Å². The molecule has 1 aliphatic heterocycles. The van der Waals surface area contributed by atoms with Crippen molar-refractivity contribution < 1.29 is 9.90 Å². The van der Waals surface area contributed by atoms with Crippen molar-refractivity contribution in [1.29, 1.82) is 0 Å². The van der Waals surface area contributed by atoms with E-state index in [4.69, 9.17) is 0 Å². The van der Waals surface area contributed by atoms with Gasteiger partial charge in [0, 0.05) is 28.5 Å². The molecule has 22 heavy (non-hydrogen) atoms. The summed E-state index contributed by atoms with van der Waals surface area (Å²) in [4.78, 5) is 17.4. The van der Waals surface area contributed by atoms with E-state index in [1.807, 2.05) is 12.1 Å². The predicted octanol–water partition coefficient (Wildman–Crippen LogP) is 2.16. The van der Waals surface area contributed by atoms with Crippen molar-refractivity contribution in [3.8, 4) is 0 Å². The Morgan fingerprint density at radius 2 is 2.41 bits per heavy atom. The fourth-order valence-electron chi connectivity index (χ4n) is 2.40. The predicted molar refractivity (Wildman–Crippen MR) is 90.1 cm³/mol. The van der Waals surface area contributed by atoms with Crippen LogP contribution < -0.4 is 10.6 Å². The van der Waals surface area contributed by atoms with Gasteiger partial charge in [0.15, 0.2) is 5.13 Å². The van der Waals surface area contributed by atoms with Gasteiger partial charge in [-0.05, 0) is 24.1 Å². The van der Waals surface area contributed by atoms with E-state index in [-0.39, 0.29) is 11.9 Å². The van der Waals surface area contributed by atoms with Gasteiger partial charge in [-0.3, -0.25) is 4.79 Å². The highest BCUT2D eigenvalue weighted by Gasteiger charge is 2.28. The van der Waals surface area contributed by atoms with Gasteiger partial charge in [-0.1, -0.05) is 28.1 Å². The van der Waals surface area contributed by atoms with Gasteiger partial charge >= 0.3 is 0 Å². The Bertz CT molecular complexity index is 676. The lowest BCUT2D eigenvalue weighted by Gasteiger charge is -2.08. The highest BCUT2D eigenvalue weighted by atomic mass is 79.9. The number of benzene rings is 1. The Morgan fingerprint density at radius 1 is 1.55 bits per heavy atom. The van der Waals surface area contributed by atoms with Gasteiger partial charge in [-0.15, -0.1) is 11.3 Å². The van der Waals surface area contributed by atoms with Gasteiger partial charge in [0.05, 0.1) is 12.1 Å². The van der Waals surface area contributed by atoms with Crippen LogP contribution in [0.1, 0.15) is 16.9 Å². The van der Waals surface area contributed by atoms with Crippen LogP contribution in [0.3, 0.4) is 0 Å². The lowest BCUT2D eigenvalue weighted by Crippen LogP contribution is -2.35. The second kappa shape index (κ2) is 6.87. The van der Waals surface area contributed by atoms with Gasteiger partial charge in [-0.25, -0.2) is 4.98 Å². The zero-order chi connectivity index (χ0) is 15.5. The molecule has 0 radical (unpaired) electrons. The Morgan fingerprint density at radius 3 is 3.14 bits per heavy atom. The molecule has 2 aromatic rings. The van der Waals surface area contributed by atoms with E-state index < -0.39 is 6.10 Å². The molecule has 0 saturated carbocycles. The lowest BCUT2D eigenvalue weighted by molar-refractivity contribution is -0.117.